The number of carboxylic acid groups (broad SMARTS) is 1. The second-order valence-corrected chi connectivity index (χ2v) is 11.5. The first-order valence-electron chi connectivity index (χ1n) is 16.4. The summed E-state index contributed by atoms with van der Waals surface area (Å²) in [4.78, 5) is 69.2. The lowest BCUT2D eigenvalue weighted by molar-refractivity contribution is -0.142. The minimum atomic E-state index is -1.17. The van der Waals surface area contributed by atoms with E-state index in [0.717, 1.165) is 44.8 Å². The summed E-state index contributed by atoms with van der Waals surface area (Å²) in [5.41, 5.74) is 10.9. The van der Waals surface area contributed by atoms with Crippen molar-refractivity contribution in [2.75, 3.05) is 13.1 Å². The highest BCUT2D eigenvalue weighted by Crippen LogP contribution is 2.12. The van der Waals surface area contributed by atoms with Gasteiger partial charge in [-0.15, -0.1) is 0 Å². The molecule has 0 aliphatic carbocycles. The molecule has 0 saturated heterocycles. The average Bonchev–Trinajstić information content (AvgIpc) is 2.98. The molecule has 2 radical (unpaired) electrons. The molecule has 0 aromatic carbocycles. The van der Waals surface area contributed by atoms with Crippen LogP contribution in [0.25, 0.3) is 0 Å². The van der Waals surface area contributed by atoms with Crippen molar-refractivity contribution < 1.29 is 33.9 Å². The Labute approximate surface area is 264 Å². The van der Waals surface area contributed by atoms with Crippen molar-refractivity contribution in [3.05, 3.63) is 0 Å². The van der Waals surface area contributed by atoms with Gasteiger partial charge in [0.25, 0.3) is 0 Å². The predicted molar refractivity (Wildman–Crippen MR) is 171 cm³/mol. The highest BCUT2D eigenvalue weighted by molar-refractivity contribution is 6.59. The van der Waals surface area contributed by atoms with Crippen LogP contribution in [0, 0.1) is 0 Å². The first kappa shape index (κ1) is 41.2. The third kappa shape index (κ3) is 24.6. The molecule has 0 aliphatic heterocycles. The van der Waals surface area contributed by atoms with Crippen LogP contribution in [-0.4, -0.2) is 79.8 Å². The van der Waals surface area contributed by atoms with Gasteiger partial charge in [0.15, 0.2) is 7.85 Å². The third-order valence-corrected chi connectivity index (χ3v) is 7.48. The highest BCUT2D eigenvalue weighted by atomic mass is 16.4. The third-order valence-electron chi connectivity index (χ3n) is 7.48. The zero-order valence-electron chi connectivity index (χ0n) is 26.5. The Bertz CT molecular complexity index is 846. The number of aliphatic carboxylic acids is 1. The number of nitrogens with one attached hydrogen (secondary N) is 3. The normalized spacial score (nSPS) is 13.0. The number of carboxylic acids is 1. The zero-order chi connectivity index (χ0) is 33.0. The van der Waals surface area contributed by atoms with Crippen molar-refractivity contribution in [2.45, 2.75) is 147 Å². The van der Waals surface area contributed by atoms with Crippen molar-refractivity contribution in [3.63, 3.8) is 0 Å². The first-order valence-corrected chi connectivity index (χ1v) is 16.4. The van der Waals surface area contributed by atoms with Gasteiger partial charge >= 0.3 is 5.97 Å². The smallest absolute Gasteiger partial charge is 0.326 e. The Morgan fingerprint density at radius 1 is 0.636 bits per heavy atom. The van der Waals surface area contributed by atoms with Gasteiger partial charge in [-0.05, 0) is 57.8 Å². The van der Waals surface area contributed by atoms with Crippen LogP contribution in [-0.2, 0) is 28.8 Å². The molecule has 0 aromatic rings. The molecular formula is C31H56BN5O7. The van der Waals surface area contributed by atoms with E-state index in [1.807, 2.05) is 0 Å². The highest BCUT2D eigenvalue weighted by Gasteiger charge is 2.21. The molecular weight excluding hydrogens is 565 g/mol. The molecule has 3 atom stereocenters. The molecule has 13 heteroatoms. The molecule has 44 heavy (non-hydrogen) atoms. The lowest BCUT2D eigenvalue weighted by Crippen LogP contribution is -2.41. The van der Waals surface area contributed by atoms with Gasteiger partial charge in [-0.1, -0.05) is 51.4 Å². The molecule has 0 spiro atoms. The van der Waals surface area contributed by atoms with Crippen molar-refractivity contribution in [2.24, 2.45) is 11.5 Å². The van der Waals surface area contributed by atoms with E-state index in [-0.39, 0.29) is 37.0 Å². The van der Waals surface area contributed by atoms with Crippen LogP contribution >= 0.6 is 0 Å². The Morgan fingerprint density at radius 3 is 1.70 bits per heavy atom. The van der Waals surface area contributed by atoms with E-state index in [4.69, 9.17) is 19.3 Å². The maximum Gasteiger partial charge on any atom is 0.326 e. The van der Waals surface area contributed by atoms with Crippen molar-refractivity contribution in [1.82, 2.24) is 16.0 Å². The van der Waals surface area contributed by atoms with Crippen LogP contribution in [0.2, 0.25) is 0 Å². The molecule has 8 N–H and O–H groups in total. The van der Waals surface area contributed by atoms with Gasteiger partial charge in [0, 0.05) is 32.4 Å². The predicted octanol–water partition coefficient (Wildman–Crippen LogP) is 2.14. The van der Waals surface area contributed by atoms with Gasteiger partial charge in [0.1, 0.15) is 12.3 Å². The van der Waals surface area contributed by atoms with Crippen LogP contribution in [0.4, 0.5) is 0 Å². The monoisotopic (exact) mass is 621 g/mol. The summed E-state index contributed by atoms with van der Waals surface area (Å²) in [5, 5.41) is 17.5. The summed E-state index contributed by atoms with van der Waals surface area (Å²) < 4.78 is 0. The Morgan fingerprint density at radius 2 is 1.16 bits per heavy atom. The van der Waals surface area contributed by atoms with E-state index in [1.165, 1.54) is 19.3 Å². The molecule has 0 bridgehead atoms. The van der Waals surface area contributed by atoms with Gasteiger partial charge < -0.3 is 42.1 Å². The van der Waals surface area contributed by atoms with Crippen LogP contribution in [0.1, 0.15) is 128 Å². The van der Waals surface area contributed by atoms with Crippen molar-refractivity contribution in [1.29, 1.82) is 0 Å². The molecule has 0 saturated carbocycles. The van der Waals surface area contributed by atoms with Crippen LogP contribution in [0.5, 0.6) is 0 Å². The fourth-order valence-corrected chi connectivity index (χ4v) is 4.64. The minimum Gasteiger partial charge on any atom is -0.480 e. The molecule has 0 aliphatic rings. The number of carbonyl (C=O) groups is 6. The van der Waals surface area contributed by atoms with E-state index >= 15 is 0 Å². The van der Waals surface area contributed by atoms with Crippen LogP contribution < -0.4 is 27.4 Å². The van der Waals surface area contributed by atoms with Gasteiger partial charge in [-0.2, -0.15) is 0 Å². The number of aldehydes is 1. The SMILES string of the molecule is [B]C(=O)C(N)CCCCNC(=O)[C@@H](N)CCCCNC(=O)CCC(NC(=O)CCCCCCCCCCCCC=O)C(=O)O. The number of amides is 3. The number of rotatable bonds is 30. The maximum atomic E-state index is 12.2. The summed E-state index contributed by atoms with van der Waals surface area (Å²) in [7, 11) is 5.10. The largest absolute Gasteiger partial charge is 0.480 e. The van der Waals surface area contributed by atoms with Gasteiger partial charge in [-0.25, -0.2) is 4.79 Å². The molecule has 0 aromatic heterocycles. The van der Waals surface area contributed by atoms with E-state index in [1.54, 1.807) is 0 Å². The number of hydrogen-bond donors (Lipinski definition) is 6. The second-order valence-electron chi connectivity index (χ2n) is 11.5. The quantitative estimate of drug-likeness (QED) is 0.0393. The van der Waals surface area contributed by atoms with Gasteiger partial charge in [0.2, 0.25) is 17.7 Å². The molecule has 2 unspecified atom stereocenters. The summed E-state index contributed by atoms with van der Waals surface area (Å²) >= 11 is 0. The summed E-state index contributed by atoms with van der Waals surface area (Å²) in [5.74, 6) is -2.05. The summed E-state index contributed by atoms with van der Waals surface area (Å²) in [6.45, 7) is 0.803. The molecule has 0 fully saturated rings. The van der Waals surface area contributed by atoms with Gasteiger partial charge in [0.05, 0.1) is 17.8 Å². The van der Waals surface area contributed by atoms with Crippen molar-refractivity contribution >= 4 is 43.5 Å². The zero-order valence-corrected chi connectivity index (χ0v) is 26.5. The summed E-state index contributed by atoms with van der Waals surface area (Å²) in [6, 6.07) is -2.46. The maximum absolute atomic E-state index is 12.2. The minimum absolute atomic E-state index is 0.00155. The van der Waals surface area contributed by atoms with E-state index in [0.29, 0.717) is 64.5 Å². The lowest BCUT2D eigenvalue weighted by atomic mass is 9.92. The Balaban J connectivity index is 3.89. The number of hydrogen-bond acceptors (Lipinski definition) is 8. The Kier molecular flexibility index (Phi) is 26.0. The molecule has 3 amide bonds. The first-order chi connectivity index (χ1) is 21.1. The van der Waals surface area contributed by atoms with Crippen LogP contribution in [0.15, 0.2) is 0 Å². The standard InChI is InChI=1S/C31H56BN5O7/c32-29(41)24(33)16-11-14-22-36-30(42)25(34)17-12-13-21-35-27(39)20-19-26(31(43)44)37-28(40)18-10-8-6-4-2-1-3-5-7-9-15-23-38/h23-26H,1-22,33-34H2,(H,35,39)(H,36,42)(H,37,40)(H,43,44)/t24?,25-,26?/m0/s1. The topological polar surface area (TPSA) is 211 Å². The van der Waals surface area contributed by atoms with Crippen LogP contribution in [0.3, 0.4) is 0 Å². The van der Waals surface area contributed by atoms with Gasteiger partial charge in [-0.3, -0.25) is 14.4 Å². The molecule has 250 valence electrons. The summed E-state index contributed by atoms with van der Waals surface area (Å²) in [6.07, 6.45) is 15.9. The fraction of sp³-hybridized carbons (Fsp3) is 0.806. The molecule has 0 rings (SSSR count). The van der Waals surface area contributed by atoms with E-state index in [9.17, 15) is 33.9 Å². The van der Waals surface area contributed by atoms with E-state index in [2.05, 4.69) is 16.0 Å². The average molecular weight is 622 g/mol. The number of unbranched alkanes of at least 4 members (excludes halogenated alkanes) is 12. The number of carbonyl (C=O) groups excluding carboxylic acids is 5. The Hall–Kier alpha value is -2.80. The van der Waals surface area contributed by atoms with E-state index < -0.39 is 29.8 Å². The molecule has 12 nitrogen and oxygen atoms in total. The lowest BCUT2D eigenvalue weighted by Gasteiger charge is -2.15. The second kappa shape index (κ2) is 27.7. The number of nitrogens with two attached hydrogens (primary N) is 2. The van der Waals surface area contributed by atoms with Crippen molar-refractivity contribution in [3.8, 4) is 0 Å². The fourth-order valence-electron chi connectivity index (χ4n) is 4.64. The molecule has 0 heterocycles.